The standard InChI is InChI=1S/C21H18N2O7/c1-11-7-8-14(9-12(11)2)17(24)10-30-21(27)13(3)22-19(25)15-5-4-6-16(23(28)29)18(15)20(22)26/h4-9,13H,10H2,1-3H3. The van der Waals surface area contributed by atoms with E-state index in [4.69, 9.17) is 4.74 Å². The van der Waals surface area contributed by atoms with E-state index in [9.17, 15) is 29.3 Å². The number of hydrogen-bond acceptors (Lipinski definition) is 7. The van der Waals surface area contributed by atoms with E-state index in [-0.39, 0.29) is 11.1 Å². The van der Waals surface area contributed by atoms with Gasteiger partial charge in [0.25, 0.3) is 17.5 Å². The molecule has 1 aliphatic heterocycles. The van der Waals surface area contributed by atoms with Crippen molar-refractivity contribution in [3.63, 3.8) is 0 Å². The monoisotopic (exact) mass is 410 g/mol. The highest BCUT2D eigenvalue weighted by molar-refractivity contribution is 6.24. The normalized spacial score (nSPS) is 13.8. The fourth-order valence-corrected chi connectivity index (χ4v) is 3.15. The van der Waals surface area contributed by atoms with Crippen molar-refractivity contribution in [2.24, 2.45) is 0 Å². The quantitative estimate of drug-likeness (QED) is 0.236. The zero-order chi connectivity index (χ0) is 22.2. The number of ketones is 1. The van der Waals surface area contributed by atoms with Crippen LogP contribution in [-0.4, -0.2) is 46.0 Å². The minimum Gasteiger partial charge on any atom is -0.456 e. The van der Waals surface area contributed by atoms with Crippen molar-refractivity contribution >= 4 is 29.3 Å². The van der Waals surface area contributed by atoms with Gasteiger partial charge >= 0.3 is 5.97 Å². The van der Waals surface area contributed by atoms with Gasteiger partial charge in [0.1, 0.15) is 11.6 Å². The second-order valence-electron chi connectivity index (χ2n) is 6.94. The van der Waals surface area contributed by atoms with Crippen LogP contribution in [0, 0.1) is 24.0 Å². The summed E-state index contributed by atoms with van der Waals surface area (Å²) in [6, 6.07) is 7.39. The van der Waals surface area contributed by atoms with Crippen LogP contribution in [0.2, 0.25) is 0 Å². The third-order valence-electron chi connectivity index (χ3n) is 5.02. The Labute approximate surface area is 171 Å². The first-order chi connectivity index (χ1) is 14.1. The molecule has 1 heterocycles. The molecule has 9 heteroatoms. The molecule has 1 aliphatic rings. The van der Waals surface area contributed by atoms with Crippen LogP contribution < -0.4 is 0 Å². The highest BCUT2D eigenvalue weighted by Gasteiger charge is 2.45. The Morgan fingerprint density at radius 3 is 2.43 bits per heavy atom. The molecule has 0 aromatic heterocycles. The maximum atomic E-state index is 12.6. The summed E-state index contributed by atoms with van der Waals surface area (Å²) in [4.78, 5) is 60.9. The van der Waals surface area contributed by atoms with Crippen molar-refractivity contribution < 1.29 is 28.8 Å². The molecule has 0 fully saturated rings. The van der Waals surface area contributed by atoms with E-state index in [1.54, 1.807) is 18.2 Å². The fraction of sp³-hybridized carbons (Fsp3) is 0.238. The Balaban J connectivity index is 1.73. The van der Waals surface area contributed by atoms with Gasteiger partial charge in [0.15, 0.2) is 12.4 Å². The summed E-state index contributed by atoms with van der Waals surface area (Å²) in [5.74, 6) is -3.18. The Hall–Kier alpha value is -3.88. The molecule has 0 aliphatic carbocycles. The molecule has 0 bridgehead atoms. The molecule has 2 amide bonds. The number of rotatable bonds is 6. The molecule has 1 unspecified atom stereocenters. The van der Waals surface area contributed by atoms with Gasteiger partial charge in [-0.2, -0.15) is 0 Å². The first kappa shape index (κ1) is 20.8. The summed E-state index contributed by atoms with van der Waals surface area (Å²) in [5, 5.41) is 11.2. The lowest BCUT2D eigenvalue weighted by molar-refractivity contribution is -0.385. The van der Waals surface area contributed by atoms with E-state index in [1.165, 1.54) is 19.1 Å². The zero-order valence-corrected chi connectivity index (χ0v) is 16.5. The number of carbonyl (C=O) groups is 4. The number of imide groups is 1. The number of carbonyl (C=O) groups excluding carboxylic acids is 4. The number of fused-ring (bicyclic) bond motifs is 1. The minimum atomic E-state index is -1.36. The van der Waals surface area contributed by atoms with E-state index in [0.717, 1.165) is 17.2 Å². The third-order valence-corrected chi connectivity index (χ3v) is 5.02. The molecule has 2 aromatic carbocycles. The Kier molecular flexibility index (Phi) is 5.46. The van der Waals surface area contributed by atoms with E-state index < -0.39 is 46.8 Å². The minimum absolute atomic E-state index is 0.153. The Morgan fingerprint density at radius 2 is 1.80 bits per heavy atom. The van der Waals surface area contributed by atoms with Crippen LogP contribution in [0.4, 0.5) is 5.69 Å². The molecule has 30 heavy (non-hydrogen) atoms. The van der Waals surface area contributed by atoms with Crippen molar-refractivity contribution in [1.29, 1.82) is 0 Å². The van der Waals surface area contributed by atoms with E-state index in [2.05, 4.69) is 0 Å². The number of hydrogen-bond donors (Lipinski definition) is 0. The molecular weight excluding hydrogens is 392 g/mol. The van der Waals surface area contributed by atoms with E-state index in [1.807, 2.05) is 13.8 Å². The van der Waals surface area contributed by atoms with Crippen LogP contribution in [0.1, 0.15) is 49.1 Å². The summed E-state index contributed by atoms with van der Waals surface area (Å²) < 4.78 is 5.01. The average molecular weight is 410 g/mol. The van der Waals surface area contributed by atoms with Crippen molar-refractivity contribution in [2.75, 3.05) is 6.61 Å². The van der Waals surface area contributed by atoms with Crippen LogP contribution in [0.3, 0.4) is 0 Å². The molecule has 0 saturated carbocycles. The summed E-state index contributed by atoms with van der Waals surface area (Å²) >= 11 is 0. The molecule has 0 saturated heterocycles. The summed E-state index contributed by atoms with van der Waals surface area (Å²) in [6.07, 6.45) is 0. The van der Waals surface area contributed by atoms with Gasteiger partial charge in [-0.05, 0) is 44.0 Å². The number of esters is 1. The van der Waals surface area contributed by atoms with Gasteiger partial charge in [0.2, 0.25) is 0 Å². The number of amides is 2. The van der Waals surface area contributed by atoms with Gasteiger partial charge in [-0.25, -0.2) is 4.79 Å². The summed E-state index contributed by atoms with van der Waals surface area (Å²) in [5.41, 5.74) is 1.26. The van der Waals surface area contributed by atoms with Crippen molar-refractivity contribution in [2.45, 2.75) is 26.8 Å². The van der Waals surface area contributed by atoms with E-state index in [0.29, 0.717) is 10.5 Å². The maximum absolute atomic E-state index is 12.6. The lowest BCUT2D eigenvalue weighted by atomic mass is 10.0. The lowest BCUT2D eigenvalue weighted by Crippen LogP contribution is -2.44. The maximum Gasteiger partial charge on any atom is 0.329 e. The highest BCUT2D eigenvalue weighted by Crippen LogP contribution is 2.32. The predicted molar refractivity (Wildman–Crippen MR) is 104 cm³/mol. The SMILES string of the molecule is Cc1ccc(C(=O)COC(=O)C(C)N2C(=O)c3cccc([N+](=O)[O-])c3C2=O)cc1C. The second-order valence-corrected chi connectivity index (χ2v) is 6.94. The Morgan fingerprint density at radius 1 is 1.10 bits per heavy atom. The van der Waals surface area contributed by atoms with Crippen LogP contribution in [0.5, 0.6) is 0 Å². The summed E-state index contributed by atoms with van der Waals surface area (Å²) in [7, 11) is 0. The summed E-state index contributed by atoms with van der Waals surface area (Å²) in [6.45, 7) is 4.45. The van der Waals surface area contributed by atoms with Gasteiger partial charge in [-0.3, -0.25) is 29.4 Å². The molecule has 0 radical (unpaired) electrons. The lowest BCUT2D eigenvalue weighted by Gasteiger charge is -2.20. The fourth-order valence-electron chi connectivity index (χ4n) is 3.15. The van der Waals surface area contributed by atoms with Crippen LogP contribution >= 0.6 is 0 Å². The van der Waals surface area contributed by atoms with Gasteiger partial charge in [0.05, 0.1) is 10.5 Å². The number of nitro groups is 1. The van der Waals surface area contributed by atoms with Gasteiger partial charge in [-0.1, -0.05) is 18.2 Å². The average Bonchev–Trinajstić information content (AvgIpc) is 2.97. The second kappa shape index (κ2) is 7.86. The number of nitrogens with zero attached hydrogens (tertiary/aromatic N) is 2. The van der Waals surface area contributed by atoms with Crippen LogP contribution in [0.15, 0.2) is 36.4 Å². The predicted octanol–water partition coefficient (Wildman–Crippen LogP) is 2.62. The zero-order valence-electron chi connectivity index (χ0n) is 16.5. The van der Waals surface area contributed by atoms with Gasteiger partial charge in [-0.15, -0.1) is 0 Å². The van der Waals surface area contributed by atoms with Gasteiger partial charge in [0, 0.05) is 11.6 Å². The molecule has 9 nitrogen and oxygen atoms in total. The van der Waals surface area contributed by atoms with Crippen molar-refractivity contribution in [3.8, 4) is 0 Å². The Bertz CT molecular complexity index is 1110. The molecule has 154 valence electrons. The molecule has 1 atom stereocenters. The van der Waals surface area contributed by atoms with Gasteiger partial charge < -0.3 is 4.74 Å². The van der Waals surface area contributed by atoms with E-state index >= 15 is 0 Å². The highest BCUT2D eigenvalue weighted by atomic mass is 16.6. The largest absolute Gasteiger partial charge is 0.456 e. The molecular formula is C21H18N2O7. The van der Waals surface area contributed by atoms with Crippen molar-refractivity contribution in [1.82, 2.24) is 4.90 Å². The number of benzene rings is 2. The first-order valence-electron chi connectivity index (χ1n) is 9.06. The number of Topliss-reactive ketones (excluding diaryl/α,β-unsaturated/α-hetero) is 1. The molecule has 0 spiro atoms. The number of ether oxygens (including phenoxy) is 1. The third kappa shape index (κ3) is 3.57. The number of aryl methyl sites for hydroxylation is 2. The van der Waals surface area contributed by atoms with Crippen molar-refractivity contribution in [3.05, 3.63) is 74.3 Å². The van der Waals surface area contributed by atoms with Crippen LogP contribution in [0.25, 0.3) is 0 Å². The molecule has 3 rings (SSSR count). The number of nitro benzene ring substituents is 1. The first-order valence-corrected chi connectivity index (χ1v) is 9.06. The van der Waals surface area contributed by atoms with Crippen LogP contribution in [-0.2, 0) is 9.53 Å². The molecule has 2 aromatic rings. The smallest absolute Gasteiger partial charge is 0.329 e. The molecule has 0 N–H and O–H groups in total. The topological polar surface area (TPSA) is 124 Å².